The lowest BCUT2D eigenvalue weighted by atomic mass is 9.88. The molecule has 6 heteroatoms. The number of aryl methyl sites for hydroxylation is 2. The minimum Gasteiger partial charge on any atom is -0.496 e. The van der Waals surface area contributed by atoms with Gasteiger partial charge in [0.25, 0.3) is 0 Å². The van der Waals surface area contributed by atoms with Gasteiger partial charge in [0.2, 0.25) is 5.90 Å². The average Bonchev–Trinajstić information content (AvgIpc) is 3.61. The SMILES string of the molecule is COc1cc(C2=NC(C)(C)CO2)c(C(C)Cc2ccccc2)cc1C.COc1cc(C2=[N+](C)C(C)(C)CO2)c(C(C)Cc2ccccc2)cc1C. The van der Waals surface area contributed by atoms with E-state index in [0.717, 1.165) is 58.4 Å². The van der Waals surface area contributed by atoms with Gasteiger partial charge in [0.1, 0.15) is 25.2 Å². The number of aliphatic imine (C=N–C) groups is 1. The zero-order chi connectivity index (χ0) is 36.9. The molecule has 2 atom stereocenters. The summed E-state index contributed by atoms with van der Waals surface area (Å²) in [5.74, 6) is 4.20. The van der Waals surface area contributed by atoms with Gasteiger partial charge < -0.3 is 18.9 Å². The fraction of sp³-hybridized carbons (Fsp3) is 0.422. The van der Waals surface area contributed by atoms with Crippen LogP contribution in [-0.2, 0) is 22.3 Å². The smallest absolute Gasteiger partial charge is 0.370 e. The van der Waals surface area contributed by atoms with Crippen LogP contribution in [0.4, 0.5) is 0 Å². The first-order valence-corrected chi connectivity index (χ1v) is 18.1. The van der Waals surface area contributed by atoms with Crippen LogP contribution < -0.4 is 9.47 Å². The predicted octanol–water partition coefficient (Wildman–Crippen LogP) is 9.45. The molecule has 0 amide bonds. The molecule has 0 N–H and O–H groups in total. The van der Waals surface area contributed by atoms with Crippen LogP contribution in [0.3, 0.4) is 0 Å². The van der Waals surface area contributed by atoms with Gasteiger partial charge >= 0.3 is 5.90 Å². The topological polar surface area (TPSA) is 52.3 Å². The maximum atomic E-state index is 6.13. The lowest BCUT2D eigenvalue weighted by molar-refractivity contribution is -0.562. The first-order valence-electron chi connectivity index (χ1n) is 18.1. The lowest BCUT2D eigenvalue weighted by Crippen LogP contribution is -2.33. The molecule has 2 unspecified atom stereocenters. The highest BCUT2D eigenvalue weighted by molar-refractivity contribution is 5.97. The van der Waals surface area contributed by atoms with Crippen molar-refractivity contribution in [1.29, 1.82) is 0 Å². The molecule has 0 saturated heterocycles. The third-order valence-electron chi connectivity index (χ3n) is 10.2. The van der Waals surface area contributed by atoms with Crippen LogP contribution in [0, 0.1) is 13.8 Å². The Hall–Kier alpha value is -4.58. The summed E-state index contributed by atoms with van der Waals surface area (Å²) in [4.78, 5) is 4.78. The van der Waals surface area contributed by atoms with Gasteiger partial charge in [-0.1, -0.05) is 86.6 Å². The molecular formula is C45H57N2O4+. The summed E-state index contributed by atoms with van der Waals surface area (Å²) in [6.45, 7) is 18.7. The van der Waals surface area contributed by atoms with Crippen LogP contribution >= 0.6 is 0 Å². The monoisotopic (exact) mass is 689 g/mol. The zero-order valence-corrected chi connectivity index (χ0v) is 32.6. The Labute approximate surface area is 306 Å². The fourth-order valence-corrected chi connectivity index (χ4v) is 6.90. The van der Waals surface area contributed by atoms with Gasteiger partial charge in [-0.2, -0.15) is 4.58 Å². The van der Waals surface area contributed by atoms with E-state index in [4.69, 9.17) is 23.9 Å². The fourth-order valence-electron chi connectivity index (χ4n) is 6.90. The van der Waals surface area contributed by atoms with Crippen LogP contribution in [0.15, 0.2) is 89.9 Å². The molecule has 2 aliphatic heterocycles. The third-order valence-corrected chi connectivity index (χ3v) is 10.2. The minimum atomic E-state index is -0.173. The van der Waals surface area contributed by atoms with Crippen molar-refractivity contribution in [2.75, 3.05) is 34.5 Å². The first-order chi connectivity index (χ1) is 24.2. The maximum absolute atomic E-state index is 6.13. The van der Waals surface area contributed by atoms with Gasteiger partial charge in [-0.3, -0.25) is 0 Å². The summed E-state index contributed by atoms with van der Waals surface area (Å²) in [6.07, 6.45) is 1.98. The molecular weight excluding hydrogens is 633 g/mol. The summed E-state index contributed by atoms with van der Waals surface area (Å²) < 4.78 is 25.4. The largest absolute Gasteiger partial charge is 0.496 e. The second-order valence-electron chi connectivity index (χ2n) is 15.5. The highest BCUT2D eigenvalue weighted by Crippen LogP contribution is 2.34. The molecule has 0 saturated carbocycles. The molecule has 0 bridgehead atoms. The van der Waals surface area contributed by atoms with E-state index in [0.29, 0.717) is 25.0 Å². The lowest BCUT2D eigenvalue weighted by Gasteiger charge is -2.19. The van der Waals surface area contributed by atoms with Gasteiger partial charge in [0, 0.05) is 19.4 Å². The normalized spacial score (nSPS) is 17.0. The molecule has 0 aliphatic carbocycles. The molecule has 0 fully saturated rings. The van der Waals surface area contributed by atoms with E-state index in [1.54, 1.807) is 14.2 Å². The second-order valence-corrected chi connectivity index (χ2v) is 15.5. The Balaban J connectivity index is 0.000000198. The van der Waals surface area contributed by atoms with Crippen molar-refractivity contribution < 1.29 is 23.5 Å². The maximum Gasteiger partial charge on any atom is 0.370 e. The molecule has 6 nitrogen and oxygen atoms in total. The molecule has 51 heavy (non-hydrogen) atoms. The molecule has 270 valence electrons. The molecule has 6 rings (SSSR count). The highest BCUT2D eigenvalue weighted by Gasteiger charge is 2.41. The molecule has 0 radical (unpaired) electrons. The van der Waals surface area contributed by atoms with E-state index >= 15 is 0 Å². The number of hydrogen-bond acceptors (Lipinski definition) is 5. The second kappa shape index (κ2) is 15.8. The number of benzene rings is 4. The van der Waals surface area contributed by atoms with Gasteiger partial charge in [-0.25, -0.2) is 4.99 Å². The van der Waals surface area contributed by atoms with Gasteiger partial charge in [-0.05, 0) is 97.9 Å². The Bertz CT molecular complexity index is 1880. The molecule has 2 aliphatic rings. The standard InChI is InChI=1S/C23H30NO2.C22H27NO2/c1-16(12-18-10-8-7-9-11-18)19-13-17(2)21(25-6)14-20(19)22-24(5)23(3,4)15-26-22;1-15(11-17-9-7-6-8-10-17)18-12-16(2)20(24-5)13-19(18)21-23-22(3,4)14-25-21/h7-11,13-14,16H,12,15H2,1-6H3;6-10,12-13,15H,11,14H2,1-5H3/q+1;. The number of hydrogen-bond donors (Lipinski definition) is 0. The average molecular weight is 690 g/mol. The van der Waals surface area contributed by atoms with Gasteiger partial charge in [0.05, 0.1) is 25.3 Å². The van der Waals surface area contributed by atoms with Crippen molar-refractivity contribution in [2.24, 2.45) is 4.99 Å². The number of methoxy groups -OCH3 is 2. The molecule has 0 aromatic heterocycles. The van der Waals surface area contributed by atoms with Gasteiger partial charge in [0.15, 0.2) is 12.1 Å². The van der Waals surface area contributed by atoms with Gasteiger partial charge in [-0.15, -0.1) is 0 Å². The minimum absolute atomic E-state index is 0.00655. The van der Waals surface area contributed by atoms with Crippen LogP contribution in [0.5, 0.6) is 11.5 Å². The first kappa shape index (κ1) is 37.7. The number of nitrogens with zero attached hydrogens (tertiary/aromatic N) is 2. The van der Waals surface area contributed by atoms with Crippen molar-refractivity contribution in [1.82, 2.24) is 0 Å². The summed E-state index contributed by atoms with van der Waals surface area (Å²) >= 11 is 0. The number of likely N-dealkylation sites (N-methyl/N-ethyl adjacent to an activating group) is 1. The molecule has 2 heterocycles. The van der Waals surface area contributed by atoms with E-state index in [-0.39, 0.29) is 11.1 Å². The van der Waals surface area contributed by atoms with E-state index in [2.05, 4.69) is 152 Å². The van der Waals surface area contributed by atoms with Crippen molar-refractivity contribution >= 4 is 11.8 Å². The molecule has 0 spiro atoms. The molecule has 4 aromatic carbocycles. The Morgan fingerprint density at radius 1 is 0.686 bits per heavy atom. The summed E-state index contributed by atoms with van der Waals surface area (Å²) in [5, 5.41) is 0. The summed E-state index contributed by atoms with van der Waals surface area (Å²) in [5.41, 5.74) is 9.58. The van der Waals surface area contributed by atoms with Crippen molar-refractivity contribution in [3.63, 3.8) is 0 Å². The van der Waals surface area contributed by atoms with Crippen LogP contribution in [-0.4, -0.2) is 61.9 Å². The van der Waals surface area contributed by atoms with E-state index in [9.17, 15) is 0 Å². The number of ether oxygens (including phenoxy) is 4. The van der Waals surface area contributed by atoms with E-state index in [1.165, 1.54) is 22.3 Å². The van der Waals surface area contributed by atoms with Crippen molar-refractivity contribution in [3.8, 4) is 11.5 Å². The van der Waals surface area contributed by atoms with Crippen LogP contribution in [0.2, 0.25) is 0 Å². The molecule has 4 aromatic rings. The Kier molecular flexibility index (Phi) is 11.6. The van der Waals surface area contributed by atoms with Crippen LogP contribution in [0.1, 0.15) is 97.9 Å². The van der Waals surface area contributed by atoms with Crippen LogP contribution in [0.25, 0.3) is 0 Å². The zero-order valence-electron chi connectivity index (χ0n) is 32.6. The van der Waals surface area contributed by atoms with E-state index < -0.39 is 0 Å². The predicted molar refractivity (Wildman–Crippen MR) is 209 cm³/mol. The summed E-state index contributed by atoms with van der Waals surface area (Å²) in [7, 11) is 5.55. The highest BCUT2D eigenvalue weighted by atomic mass is 16.5. The van der Waals surface area contributed by atoms with Crippen molar-refractivity contribution in [2.45, 2.75) is 91.1 Å². The number of rotatable bonds is 10. The van der Waals surface area contributed by atoms with E-state index in [1.807, 2.05) is 0 Å². The van der Waals surface area contributed by atoms with Crippen molar-refractivity contribution in [3.05, 3.63) is 129 Å². The summed E-state index contributed by atoms with van der Waals surface area (Å²) in [6, 6.07) is 30.0. The Morgan fingerprint density at radius 2 is 1.16 bits per heavy atom. The Morgan fingerprint density at radius 3 is 1.57 bits per heavy atom. The quantitative estimate of drug-likeness (QED) is 0.156. The third kappa shape index (κ3) is 8.84.